The van der Waals surface area contributed by atoms with Crippen LogP contribution in [0.15, 0.2) is 24.3 Å². The van der Waals surface area contributed by atoms with E-state index in [1.807, 2.05) is 30.2 Å². The highest BCUT2D eigenvalue weighted by Crippen LogP contribution is 2.42. The summed E-state index contributed by atoms with van der Waals surface area (Å²) in [5, 5.41) is 29.3. The average Bonchev–Trinajstić information content (AvgIpc) is 3.94. The van der Waals surface area contributed by atoms with Crippen molar-refractivity contribution in [2.24, 2.45) is 16.2 Å². The monoisotopic (exact) mass is 1090 g/mol. The summed E-state index contributed by atoms with van der Waals surface area (Å²) in [5.74, 6) is 3.92. The molecule has 0 atom stereocenters. The van der Waals surface area contributed by atoms with E-state index in [1.165, 1.54) is 5.19 Å². The third-order valence-corrected chi connectivity index (χ3v) is 17.2. The molecule has 0 heterocycles. The van der Waals surface area contributed by atoms with Gasteiger partial charge in [0.15, 0.2) is 16.2 Å². The van der Waals surface area contributed by atoms with Crippen molar-refractivity contribution in [2.45, 2.75) is 152 Å². The Kier molecular flexibility index (Phi) is 27.2. The van der Waals surface area contributed by atoms with Gasteiger partial charge in [-0.05, 0) is 101 Å². The Morgan fingerprint density at radius 2 is 0.987 bits per heavy atom. The van der Waals surface area contributed by atoms with Crippen molar-refractivity contribution >= 4 is 70.4 Å². The predicted octanol–water partition coefficient (Wildman–Crippen LogP) is 5.88. The Bertz CT molecular complexity index is 2360. The second kappa shape index (κ2) is 30.3. The van der Waals surface area contributed by atoms with Crippen LogP contribution in [0.3, 0.4) is 0 Å². The number of benzene rings is 2. The van der Waals surface area contributed by atoms with E-state index in [9.17, 15) is 39.0 Å². The first kappa shape index (κ1) is 67.5. The molecule has 0 bridgehead atoms. The van der Waals surface area contributed by atoms with E-state index >= 15 is 0 Å². The highest BCUT2D eigenvalue weighted by molar-refractivity contribution is 6.89. The van der Waals surface area contributed by atoms with E-state index in [0.717, 1.165) is 38.6 Å². The maximum absolute atomic E-state index is 12.7. The van der Waals surface area contributed by atoms with Crippen molar-refractivity contribution in [3.63, 3.8) is 0 Å². The van der Waals surface area contributed by atoms with Crippen LogP contribution in [-0.2, 0) is 96.1 Å². The number of ether oxygens (including phenoxy) is 6. The summed E-state index contributed by atoms with van der Waals surface area (Å²) >= 11 is 0. The van der Waals surface area contributed by atoms with Crippen molar-refractivity contribution in [3.05, 3.63) is 57.6 Å². The summed E-state index contributed by atoms with van der Waals surface area (Å²) in [6, 6.07) is 7.76. The molecule has 15 nitrogen and oxygen atoms in total. The Labute approximate surface area is 449 Å². The van der Waals surface area contributed by atoms with Crippen LogP contribution in [0.25, 0.3) is 0 Å². The number of terminal acetylenes is 2. The molecule has 0 spiro atoms. The lowest BCUT2D eigenvalue weighted by Crippen LogP contribution is -2.45. The molecule has 0 saturated carbocycles. The van der Waals surface area contributed by atoms with Gasteiger partial charge in [0.25, 0.3) is 0 Å². The summed E-state index contributed by atoms with van der Waals surface area (Å²) in [4.78, 5) is 75.3. The van der Waals surface area contributed by atoms with Gasteiger partial charge in [0.05, 0.1) is 69.0 Å². The zero-order chi connectivity index (χ0) is 57.6. The largest absolute Gasteiger partial charge is 0.465 e. The number of aliphatic hydroxyl groups is 3. The first-order valence-electron chi connectivity index (χ1n) is 25.6. The van der Waals surface area contributed by atoms with Crippen molar-refractivity contribution < 1.29 is 72.5 Å². The highest BCUT2D eigenvalue weighted by atomic mass is 28.3. The molecular formula is C57H84O15Si3. The SMILES string of the molecule is C#CCC(CC#C[Si](C)(C)C)(C(=O)OCC)C(=O)OCC.C#CCO.CCOC(=O)C1(C(=O)OCC)Cc2cc(CO)cc([Si](C)(C)C)c2C1.CCOC(=O)C1(C(=O)OCC)Cc2ccc(CO)c([Si](C)(C)C)c2C1. The topological polar surface area (TPSA) is 218 Å². The fourth-order valence-corrected chi connectivity index (χ4v) is 13.6. The molecule has 0 fully saturated rings. The number of aliphatic hydroxyl groups excluding tert-OH is 3. The minimum atomic E-state index is -1.79. The minimum absolute atomic E-state index is 0.0269. The summed E-state index contributed by atoms with van der Waals surface area (Å²) in [6.45, 7) is 30.8. The van der Waals surface area contributed by atoms with Gasteiger partial charge in [-0.2, -0.15) is 0 Å². The lowest BCUT2D eigenvalue weighted by Gasteiger charge is -2.26. The lowest BCUT2D eigenvalue weighted by atomic mass is 9.81. The summed E-state index contributed by atoms with van der Waals surface area (Å²) in [5.41, 5.74) is 4.71. The average molecular weight is 1090 g/mol. The van der Waals surface area contributed by atoms with Crippen molar-refractivity contribution in [3.8, 4) is 36.2 Å². The molecule has 0 amide bonds. The molecule has 2 aliphatic rings. The molecule has 4 rings (SSSR count). The summed E-state index contributed by atoms with van der Waals surface area (Å²) < 4.78 is 31.0. The van der Waals surface area contributed by atoms with Gasteiger partial charge in [-0.1, -0.05) is 99.5 Å². The van der Waals surface area contributed by atoms with Gasteiger partial charge in [-0.25, -0.2) is 0 Å². The quantitative estimate of drug-likeness (QED) is 0.0523. The van der Waals surface area contributed by atoms with Crippen molar-refractivity contribution in [2.75, 3.05) is 46.2 Å². The normalized spacial score (nSPS) is 13.7. The van der Waals surface area contributed by atoms with Gasteiger partial charge in [0.1, 0.15) is 14.7 Å². The number of carbonyl (C=O) groups excluding carboxylic acids is 6. The van der Waals surface area contributed by atoms with Crippen LogP contribution in [0.2, 0.25) is 58.9 Å². The van der Waals surface area contributed by atoms with Crippen molar-refractivity contribution in [1.82, 2.24) is 0 Å². The van der Waals surface area contributed by atoms with Gasteiger partial charge in [-0.3, -0.25) is 28.8 Å². The molecule has 0 aliphatic heterocycles. The second-order valence-electron chi connectivity index (χ2n) is 21.1. The van der Waals surface area contributed by atoms with Crippen LogP contribution < -0.4 is 10.4 Å². The van der Waals surface area contributed by atoms with E-state index in [1.54, 1.807) is 41.5 Å². The fraction of sp³-hybridized carbons (Fsp3) is 0.579. The first-order chi connectivity index (χ1) is 35.0. The number of carbonyl (C=O) groups is 6. The maximum Gasteiger partial charge on any atom is 0.325 e. The van der Waals surface area contributed by atoms with Crippen molar-refractivity contribution in [1.29, 1.82) is 0 Å². The van der Waals surface area contributed by atoms with Crippen LogP contribution >= 0.6 is 0 Å². The minimum Gasteiger partial charge on any atom is -0.465 e. The molecule has 414 valence electrons. The molecule has 0 saturated heterocycles. The Balaban J connectivity index is 0.000000545. The molecule has 2 aromatic carbocycles. The number of hydrogen-bond donors (Lipinski definition) is 3. The molecule has 0 radical (unpaired) electrons. The number of rotatable bonds is 18. The summed E-state index contributed by atoms with van der Waals surface area (Å²) in [7, 11) is -5.11. The molecule has 0 aromatic heterocycles. The Morgan fingerprint density at radius 3 is 1.33 bits per heavy atom. The van der Waals surface area contributed by atoms with E-state index in [-0.39, 0.29) is 85.1 Å². The van der Waals surface area contributed by atoms with E-state index < -0.39 is 76.3 Å². The van der Waals surface area contributed by atoms with Gasteiger partial charge in [0, 0.05) is 12.8 Å². The summed E-state index contributed by atoms with van der Waals surface area (Å²) in [6.07, 6.45) is 11.0. The zero-order valence-electron chi connectivity index (χ0n) is 47.3. The molecule has 0 unspecified atom stereocenters. The van der Waals surface area contributed by atoms with Gasteiger partial charge in [0.2, 0.25) is 0 Å². The standard InChI is InChI=1S/2C19H28O5Si.C16H24O4Si.C3H4O/c1-6-23-17(21)19(18(22)24-7-2)10-14-8-13(12-20)9-16(15(14)11-19)25(3,4)5;1-6-23-17(21)19(18(22)24-7-2)10-13-8-9-14(12-20)16(15(13)11-19)25(3,4)5;1-7-11-16(14(17)19-8-2,15(18)20-9-3)12-10-13-21(4,5)6;1-2-3-4/h2*8-9,20H,6-7,10-12H2,1-5H3;1H,8-9,11-12H2,2-6H3;1,4H,3H2. The van der Waals surface area contributed by atoms with Gasteiger partial charge in [-0.15, -0.1) is 30.2 Å². The van der Waals surface area contributed by atoms with Gasteiger partial charge < -0.3 is 43.7 Å². The van der Waals surface area contributed by atoms with Crippen LogP contribution in [0.5, 0.6) is 0 Å². The van der Waals surface area contributed by atoms with Gasteiger partial charge >= 0.3 is 35.8 Å². The van der Waals surface area contributed by atoms with Crippen LogP contribution in [-0.4, -0.2) is 122 Å². The number of fused-ring (bicyclic) bond motifs is 2. The molecule has 3 N–H and O–H groups in total. The Morgan fingerprint density at radius 1 is 0.560 bits per heavy atom. The fourth-order valence-electron chi connectivity index (χ4n) is 8.91. The van der Waals surface area contributed by atoms with E-state index in [2.05, 4.69) is 82.7 Å². The van der Waals surface area contributed by atoms with Crippen LogP contribution in [0, 0.1) is 52.4 Å². The van der Waals surface area contributed by atoms with E-state index in [4.69, 9.17) is 40.0 Å². The smallest absolute Gasteiger partial charge is 0.325 e. The van der Waals surface area contributed by atoms with E-state index in [0.29, 0.717) is 12.8 Å². The third-order valence-electron chi connectivity index (χ3n) is 12.1. The predicted molar refractivity (Wildman–Crippen MR) is 298 cm³/mol. The molecule has 2 aromatic rings. The Hall–Kier alpha value is -5.53. The molecule has 18 heteroatoms. The first-order valence-corrected chi connectivity index (χ1v) is 36.1. The highest BCUT2D eigenvalue weighted by Gasteiger charge is 2.55. The van der Waals surface area contributed by atoms with Crippen LogP contribution in [0.4, 0.5) is 0 Å². The lowest BCUT2D eigenvalue weighted by molar-refractivity contribution is -0.173. The molecule has 2 aliphatic carbocycles. The zero-order valence-corrected chi connectivity index (χ0v) is 50.3. The number of hydrogen-bond acceptors (Lipinski definition) is 15. The van der Waals surface area contributed by atoms with Crippen LogP contribution in [0.1, 0.15) is 87.8 Å². The number of esters is 6. The molecule has 75 heavy (non-hydrogen) atoms. The second-order valence-corrected chi connectivity index (χ2v) is 35.9. The maximum atomic E-state index is 12.7. The molecular weight excluding hydrogens is 1010 g/mol. The third kappa shape index (κ3) is 17.8.